The van der Waals surface area contributed by atoms with Gasteiger partial charge in [0.25, 0.3) is 11.1 Å². The molecule has 0 saturated heterocycles. The Morgan fingerprint density at radius 2 is 1.72 bits per heavy atom. The minimum absolute atomic E-state index is 0.0238. The molecular weight excluding hydrogens is 513 g/mol. The molecule has 2 aromatic heterocycles. The van der Waals surface area contributed by atoms with Gasteiger partial charge in [-0.2, -0.15) is 4.68 Å². The second kappa shape index (κ2) is 10.2. The van der Waals surface area contributed by atoms with Crippen molar-refractivity contribution >= 4 is 35.1 Å². The Morgan fingerprint density at radius 3 is 2.28 bits per heavy atom. The van der Waals surface area contributed by atoms with Crippen LogP contribution in [0, 0.1) is 6.92 Å². The van der Waals surface area contributed by atoms with Gasteiger partial charge < -0.3 is 14.5 Å². The van der Waals surface area contributed by atoms with Gasteiger partial charge in [0.05, 0.1) is 15.7 Å². The van der Waals surface area contributed by atoms with Crippen molar-refractivity contribution in [2.45, 2.75) is 53.1 Å². The van der Waals surface area contributed by atoms with E-state index in [2.05, 4.69) is 20.4 Å². The van der Waals surface area contributed by atoms with Crippen LogP contribution in [-0.4, -0.2) is 31.4 Å². The third kappa shape index (κ3) is 5.97. The van der Waals surface area contributed by atoms with Crippen molar-refractivity contribution in [1.82, 2.24) is 19.7 Å². The molecule has 3 aromatic rings. The molecule has 0 spiro atoms. The van der Waals surface area contributed by atoms with E-state index in [4.69, 9.17) is 32.7 Å². The van der Waals surface area contributed by atoms with Crippen molar-refractivity contribution in [2.24, 2.45) is 0 Å². The van der Waals surface area contributed by atoms with Crippen LogP contribution in [0.5, 0.6) is 11.5 Å². The number of aromatic amines is 2. The summed E-state index contributed by atoms with van der Waals surface area (Å²) in [4.78, 5) is 53.5. The summed E-state index contributed by atoms with van der Waals surface area (Å²) in [6.45, 7) is 10.5. The number of halogens is 2. The molecule has 0 saturated carbocycles. The Bertz CT molecular complexity index is 1480. The first kappa shape index (κ1) is 27.0. The number of amides is 1. The maximum atomic E-state index is 12.4. The van der Waals surface area contributed by atoms with Gasteiger partial charge in [-0.3, -0.25) is 19.9 Å². The summed E-state index contributed by atoms with van der Waals surface area (Å²) in [7, 11) is 0. The van der Waals surface area contributed by atoms with E-state index in [9.17, 15) is 19.2 Å². The van der Waals surface area contributed by atoms with E-state index in [1.54, 1.807) is 27.7 Å². The molecule has 0 fully saturated rings. The molecule has 0 aliphatic heterocycles. The minimum atomic E-state index is -0.928. The number of hydrogen-bond donors (Lipinski definition) is 3. The van der Waals surface area contributed by atoms with Crippen molar-refractivity contribution in [3.8, 4) is 17.2 Å². The number of carbonyl (C=O) groups is 1. The van der Waals surface area contributed by atoms with Crippen LogP contribution in [0.15, 0.2) is 32.7 Å². The average Bonchev–Trinajstić information content (AvgIpc) is 2.72. The number of H-pyrrole nitrogens is 2. The molecule has 0 aliphatic carbocycles. The Morgan fingerprint density at radius 1 is 1.11 bits per heavy atom. The van der Waals surface area contributed by atoms with Crippen molar-refractivity contribution in [1.29, 1.82) is 0 Å². The van der Waals surface area contributed by atoms with Crippen LogP contribution in [0.4, 0.5) is 10.6 Å². The van der Waals surface area contributed by atoms with Gasteiger partial charge in [0.15, 0.2) is 5.75 Å². The molecular formula is C23H25Cl2N5O6. The van der Waals surface area contributed by atoms with Crippen molar-refractivity contribution < 1.29 is 14.3 Å². The number of rotatable bonds is 5. The normalized spacial score (nSPS) is 11.5. The molecule has 1 aromatic carbocycles. The maximum Gasteiger partial charge on any atom is 0.413 e. The summed E-state index contributed by atoms with van der Waals surface area (Å²) >= 11 is 12.8. The molecule has 0 unspecified atom stereocenters. The lowest BCUT2D eigenvalue weighted by atomic mass is 10.00. The highest BCUT2D eigenvalue weighted by atomic mass is 35.5. The summed E-state index contributed by atoms with van der Waals surface area (Å²) in [6, 6.07) is 2.69. The maximum absolute atomic E-state index is 12.4. The van der Waals surface area contributed by atoms with Crippen LogP contribution < -0.4 is 26.9 Å². The molecule has 13 heteroatoms. The largest absolute Gasteiger partial charge is 0.452 e. The van der Waals surface area contributed by atoms with E-state index in [-0.39, 0.29) is 33.0 Å². The zero-order valence-electron chi connectivity index (χ0n) is 20.4. The molecule has 0 radical (unpaired) electrons. The summed E-state index contributed by atoms with van der Waals surface area (Å²) in [6.07, 6.45) is 0.481. The Hall–Kier alpha value is -3.57. The van der Waals surface area contributed by atoms with Crippen molar-refractivity contribution in [2.75, 3.05) is 5.32 Å². The lowest BCUT2D eigenvalue weighted by Gasteiger charge is -2.19. The monoisotopic (exact) mass is 537 g/mol. The third-order valence-electron chi connectivity index (χ3n) is 4.82. The number of nitrogens with one attached hydrogen (secondary N) is 3. The predicted molar refractivity (Wildman–Crippen MR) is 136 cm³/mol. The van der Waals surface area contributed by atoms with Gasteiger partial charge in [-0.15, -0.1) is 5.10 Å². The molecule has 1 amide bonds. The van der Waals surface area contributed by atoms with Gasteiger partial charge in [-0.05, 0) is 45.7 Å². The van der Waals surface area contributed by atoms with E-state index in [1.807, 2.05) is 13.8 Å². The highest BCUT2D eigenvalue weighted by molar-refractivity contribution is 6.37. The van der Waals surface area contributed by atoms with Gasteiger partial charge in [0.2, 0.25) is 5.82 Å². The van der Waals surface area contributed by atoms with E-state index in [0.717, 1.165) is 4.68 Å². The van der Waals surface area contributed by atoms with Crippen LogP contribution in [0.2, 0.25) is 10.0 Å². The van der Waals surface area contributed by atoms with Gasteiger partial charge in [0, 0.05) is 17.3 Å². The second-order valence-electron chi connectivity index (χ2n) is 9.16. The first-order chi connectivity index (χ1) is 16.7. The smallest absolute Gasteiger partial charge is 0.413 e. The van der Waals surface area contributed by atoms with Crippen molar-refractivity contribution in [3.05, 3.63) is 70.7 Å². The van der Waals surface area contributed by atoms with E-state index >= 15 is 0 Å². The number of anilines is 1. The zero-order chi connectivity index (χ0) is 26.9. The summed E-state index contributed by atoms with van der Waals surface area (Å²) in [5.74, 6) is -0.0941. The van der Waals surface area contributed by atoms with Crippen molar-refractivity contribution in [3.63, 3.8) is 0 Å². The van der Waals surface area contributed by atoms with E-state index < -0.39 is 28.8 Å². The number of aromatic nitrogens is 4. The molecule has 2 heterocycles. The Labute approximate surface area is 215 Å². The van der Waals surface area contributed by atoms with Crippen LogP contribution in [0.1, 0.15) is 51.7 Å². The molecule has 3 N–H and O–H groups in total. The SMILES string of the molecule is Cc1c(Oc2c(Cl)cc(-n3nc(NC(=O)OC(C)(C)C)c(=O)[nH]c3=O)cc2Cl)c[nH]c(=O)c1C(C)C. The molecule has 0 aliphatic rings. The first-order valence-corrected chi connectivity index (χ1v) is 11.6. The molecule has 0 bridgehead atoms. The second-order valence-corrected chi connectivity index (χ2v) is 9.98. The highest BCUT2D eigenvalue weighted by Crippen LogP contribution is 2.39. The number of hydrogen-bond acceptors (Lipinski definition) is 7. The lowest BCUT2D eigenvalue weighted by Crippen LogP contribution is -2.36. The van der Waals surface area contributed by atoms with Crippen LogP contribution in [-0.2, 0) is 4.74 Å². The molecule has 11 nitrogen and oxygen atoms in total. The van der Waals surface area contributed by atoms with E-state index in [1.165, 1.54) is 18.3 Å². The lowest BCUT2D eigenvalue weighted by molar-refractivity contribution is 0.0634. The number of benzene rings is 1. The zero-order valence-corrected chi connectivity index (χ0v) is 21.9. The predicted octanol–water partition coefficient (Wildman–Crippen LogP) is 4.49. The standard InChI is InChI=1S/C23H25Cl2N5O6/c1-10(2)16-11(3)15(9-26-19(16)31)35-17-13(24)7-12(8-14(17)25)30-21(33)28-20(32)18(29-30)27-22(34)36-23(4,5)6/h7-10H,1-6H3,(H,26,31)(H,27,29,34)(H,28,32,33). The molecule has 0 atom stereocenters. The number of nitrogens with zero attached hydrogens (tertiary/aromatic N) is 2. The first-order valence-electron chi connectivity index (χ1n) is 10.8. The summed E-state index contributed by atoms with van der Waals surface area (Å²) in [5, 5.41) is 6.17. The number of pyridine rings is 1. The van der Waals surface area contributed by atoms with Crippen LogP contribution in [0.25, 0.3) is 5.69 Å². The third-order valence-corrected chi connectivity index (χ3v) is 5.38. The van der Waals surface area contributed by atoms with Gasteiger partial charge >= 0.3 is 11.8 Å². The minimum Gasteiger partial charge on any atom is -0.452 e. The quantitative estimate of drug-likeness (QED) is 0.434. The Kier molecular flexibility index (Phi) is 7.65. The molecule has 3 rings (SSSR count). The van der Waals surface area contributed by atoms with Gasteiger partial charge in [0.1, 0.15) is 11.4 Å². The highest BCUT2D eigenvalue weighted by Gasteiger charge is 2.21. The summed E-state index contributed by atoms with van der Waals surface area (Å²) < 4.78 is 11.8. The fraction of sp³-hybridized carbons (Fsp3) is 0.348. The average molecular weight is 538 g/mol. The molecule has 36 heavy (non-hydrogen) atoms. The number of carbonyl (C=O) groups excluding carboxylic acids is 1. The fourth-order valence-corrected chi connectivity index (χ4v) is 3.91. The number of ether oxygens (including phenoxy) is 2. The Balaban J connectivity index is 2.00. The topological polar surface area (TPSA) is 148 Å². The van der Waals surface area contributed by atoms with Crippen LogP contribution >= 0.6 is 23.2 Å². The summed E-state index contributed by atoms with van der Waals surface area (Å²) in [5.41, 5.74) is -1.58. The van der Waals surface area contributed by atoms with Gasteiger partial charge in [-0.1, -0.05) is 37.0 Å². The van der Waals surface area contributed by atoms with Gasteiger partial charge in [-0.25, -0.2) is 9.59 Å². The van der Waals surface area contributed by atoms with E-state index in [0.29, 0.717) is 16.9 Å². The van der Waals surface area contributed by atoms with Crippen LogP contribution in [0.3, 0.4) is 0 Å². The molecule has 192 valence electrons. The fourth-order valence-electron chi connectivity index (χ4n) is 3.35.